The minimum atomic E-state index is -4.57. The molecule has 40 heavy (non-hydrogen) atoms. The molecule has 0 spiro atoms. The van der Waals surface area contributed by atoms with Crippen molar-refractivity contribution in [3.8, 4) is 17.0 Å². The lowest BCUT2D eigenvalue weighted by molar-refractivity contribution is -0.137. The molecule has 12 heteroatoms. The van der Waals surface area contributed by atoms with Crippen LogP contribution in [0.25, 0.3) is 16.9 Å². The van der Waals surface area contributed by atoms with E-state index in [1.165, 1.54) is 7.11 Å². The number of hydrogen-bond acceptors (Lipinski definition) is 6. The second-order valence-corrected chi connectivity index (χ2v) is 8.63. The second-order valence-electron chi connectivity index (χ2n) is 8.63. The molecule has 0 fully saturated rings. The number of benzene rings is 2. The Kier molecular flexibility index (Phi) is 7.23. The zero-order valence-corrected chi connectivity index (χ0v) is 21.5. The Morgan fingerprint density at radius 2 is 1.85 bits per heavy atom. The van der Waals surface area contributed by atoms with E-state index >= 15 is 0 Å². The SMILES string of the molecule is CCN(c1ccncc1)c1nc(-c2cccc(NC(=O)Nc3cc(C(F)(F)F)ccc3OC)c2)cn2ccnc12. The quantitative estimate of drug-likeness (QED) is 0.238. The minimum absolute atomic E-state index is 0.0944. The maximum absolute atomic E-state index is 13.2. The minimum Gasteiger partial charge on any atom is -0.495 e. The number of alkyl halides is 3. The molecule has 2 N–H and O–H groups in total. The number of rotatable bonds is 7. The van der Waals surface area contributed by atoms with Crippen molar-refractivity contribution in [3.63, 3.8) is 0 Å². The number of aromatic nitrogens is 4. The summed E-state index contributed by atoms with van der Waals surface area (Å²) in [5, 5.41) is 5.10. The van der Waals surface area contributed by atoms with Crippen LogP contribution >= 0.6 is 0 Å². The molecule has 5 aromatic rings. The average molecular weight is 548 g/mol. The Bertz CT molecular complexity index is 1660. The molecule has 3 heterocycles. The molecule has 0 bridgehead atoms. The number of anilines is 4. The Labute approximate surface area is 227 Å². The molecule has 0 saturated heterocycles. The fourth-order valence-corrected chi connectivity index (χ4v) is 4.24. The number of carbonyl (C=O) groups excluding carboxylic acids is 1. The van der Waals surface area contributed by atoms with Crippen LogP contribution in [0.2, 0.25) is 0 Å². The normalized spacial score (nSPS) is 11.3. The van der Waals surface area contributed by atoms with Crippen LogP contribution in [0.1, 0.15) is 12.5 Å². The molecule has 9 nitrogen and oxygen atoms in total. The van der Waals surface area contributed by atoms with Crippen molar-refractivity contribution < 1.29 is 22.7 Å². The van der Waals surface area contributed by atoms with Crippen molar-refractivity contribution in [2.24, 2.45) is 0 Å². The first-order valence-corrected chi connectivity index (χ1v) is 12.2. The van der Waals surface area contributed by atoms with Gasteiger partial charge in [-0.1, -0.05) is 12.1 Å². The number of urea groups is 1. The highest BCUT2D eigenvalue weighted by molar-refractivity contribution is 6.01. The number of imidazole rings is 1. The van der Waals surface area contributed by atoms with Gasteiger partial charge in [-0.15, -0.1) is 0 Å². The largest absolute Gasteiger partial charge is 0.495 e. The molecule has 204 valence electrons. The molecule has 5 rings (SSSR count). The van der Waals surface area contributed by atoms with Crippen LogP contribution in [0, 0.1) is 0 Å². The third-order valence-corrected chi connectivity index (χ3v) is 6.09. The summed E-state index contributed by atoms with van der Waals surface area (Å²) in [6, 6.07) is 12.9. The van der Waals surface area contributed by atoms with Crippen LogP contribution in [0.15, 0.2) is 85.6 Å². The lowest BCUT2D eigenvalue weighted by Gasteiger charge is -2.23. The maximum atomic E-state index is 13.2. The van der Waals surface area contributed by atoms with Crippen LogP contribution in [0.3, 0.4) is 0 Å². The van der Waals surface area contributed by atoms with E-state index in [2.05, 4.69) is 20.6 Å². The number of carbonyl (C=O) groups is 1. The van der Waals surface area contributed by atoms with E-state index in [1.54, 1.807) is 36.8 Å². The van der Waals surface area contributed by atoms with Gasteiger partial charge in [0.05, 0.1) is 24.1 Å². The van der Waals surface area contributed by atoms with E-state index in [0.29, 0.717) is 35.0 Å². The molecule has 2 amide bonds. The Balaban J connectivity index is 1.43. The number of pyridine rings is 1. The number of hydrogen-bond donors (Lipinski definition) is 2. The van der Waals surface area contributed by atoms with Gasteiger partial charge in [0.15, 0.2) is 11.5 Å². The van der Waals surface area contributed by atoms with Crippen molar-refractivity contribution in [3.05, 3.63) is 91.1 Å². The van der Waals surface area contributed by atoms with Crippen molar-refractivity contribution in [2.75, 3.05) is 29.2 Å². The van der Waals surface area contributed by atoms with Gasteiger partial charge in [0.2, 0.25) is 0 Å². The van der Waals surface area contributed by atoms with Crippen molar-refractivity contribution in [2.45, 2.75) is 13.1 Å². The lowest BCUT2D eigenvalue weighted by atomic mass is 10.1. The first-order valence-electron chi connectivity index (χ1n) is 12.2. The van der Waals surface area contributed by atoms with Gasteiger partial charge in [0, 0.05) is 54.5 Å². The molecule has 0 aliphatic rings. The molecule has 2 aromatic carbocycles. The topological polar surface area (TPSA) is 96.7 Å². The van der Waals surface area contributed by atoms with Crippen LogP contribution in [-0.4, -0.2) is 39.0 Å². The van der Waals surface area contributed by atoms with Crippen molar-refractivity contribution in [1.29, 1.82) is 0 Å². The molecule has 0 atom stereocenters. The Morgan fingerprint density at radius 1 is 1.05 bits per heavy atom. The molecule has 0 aliphatic carbocycles. The molecule has 0 aliphatic heterocycles. The maximum Gasteiger partial charge on any atom is 0.416 e. The molecule has 0 unspecified atom stereocenters. The number of halogens is 3. The predicted octanol–water partition coefficient (Wildman–Crippen LogP) is 6.62. The smallest absolute Gasteiger partial charge is 0.416 e. The highest BCUT2D eigenvalue weighted by atomic mass is 19.4. The zero-order valence-electron chi connectivity index (χ0n) is 21.5. The summed E-state index contributed by atoms with van der Waals surface area (Å²) < 4.78 is 46.5. The molecule has 3 aromatic heterocycles. The molecular formula is C28H24F3N7O2. The van der Waals surface area contributed by atoms with Crippen LogP contribution in [-0.2, 0) is 6.18 Å². The van der Waals surface area contributed by atoms with E-state index < -0.39 is 17.8 Å². The highest BCUT2D eigenvalue weighted by Gasteiger charge is 2.31. The summed E-state index contributed by atoms with van der Waals surface area (Å²) in [6.07, 6.45) is 4.19. The number of fused-ring (bicyclic) bond motifs is 1. The summed E-state index contributed by atoms with van der Waals surface area (Å²) in [5.41, 5.74) is 2.30. The molecular weight excluding hydrogens is 523 g/mol. The highest BCUT2D eigenvalue weighted by Crippen LogP contribution is 2.35. The molecule has 0 saturated carbocycles. The fourth-order valence-electron chi connectivity index (χ4n) is 4.24. The number of ether oxygens (including phenoxy) is 1. The summed E-state index contributed by atoms with van der Waals surface area (Å²) in [6.45, 7) is 2.64. The second kappa shape index (κ2) is 10.9. The van der Waals surface area contributed by atoms with E-state index in [9.17, 15) is 18.0 Å². The average Bonchev–Trinajstić information content (AvgIpc) is 3.43. The summed E-state index contributed by atoms with van der Waals surface area (Å²) in [4.78, 5) is 28.2. The van der Waals surface area contributed by atoms with E-state index in [4.69, 9.17) is 9.72 Å². The van der Waals surface area contributed by atoms with Gasteiger partial charge in [-0.05, 0) is 49.4 Å². The van der Waals surface area contributed by atoms with Crippen LogP contribution in [0.5, 0.6) is 5.75 Å². The lowest BCUT2D eigenvalue weighted by Crippen LogP contribution is -2.20. The van der Waals surface area contributed by atoms with Crippen molar-refractivity contribution in [1.82, 2.24) is 19.4 Å². The first kappa shape index (κ1) is 26.5. The van der Waals surface area contributed by atoms with Gasteiger partial charge >= 0.3 is 12.2 Å². The fraction of sp³-hybridized carbons (Fsp3) is 0.143. The number of amides is 2. The third-order valence-electron chi connectivity index (χ3n) is 6.09. The number of methoxy groups -OCH3 is 1. The monoisotopic (exact) mass is 547 g/mol. The summed E-state index contributed by atoms with van der Waals surface area (Å²) in [7, 11) is 1.31. The van der Waals surface area contributed by atoms with Crippen molar-refractivity contribution >= 4 is 34.6 Å². The molecule has 0 radical (unpaired) electrons. The standard InChI is InChI=1S/C28H24F3N7O2/c1-3-38(21-9-11-32-12-10-21)26-25-33-13-14-37(25)17-23(35-26)18-5-4-6-20(15-18)34-27(39)36-22-16-19(28(29,30)31)7-8-24(22)40-2/h4-17H,3H2,1-2H3,(H2,34,36,39). The van der Waals surface area contributed by atoms with Crippen LogP contribution < -0.4 is 20.3 Å². The van der Waals surface area contributed by atoms with E-state index in [-0.39, 0.29) is 11.4 Å². The summed E-state index contributed by atoms with van der Waals surface area (Å²) in [5.74, 6) is 0.737. The van der Waals surface area contributed by atoms with E-state index in [1.807, 2.05) is 46.8 Å². The van der Waals surface area contributed by atoms with Gasteiger partial charge in [-0.2, -0.15) is 13.2 Å². The predicted molar refractivity (Wildman–Crippen MR) is 146 cm³/mol. The third kappa shape index (κ3) is 5.51. The van der Waals surface area contributed by atoms with Gasteiger partial charge in [0.25, 0.3) is 0 Å². The number of nitrogens with one attached hydrogen (secondary N) is 2. The van der Waals surface area contributed by atoms with Gasteiger partial charge < -0.3 is 24.7 Å². The van der Waals surface area contributed by atoms with Gasteiger partial charge in [-0.25, -0.2) is 14.8 Å². The number of nitrogens with zero attached hydrogens (tertiary/aromatic N) is 5. The van der Waals surface area contributed by atoms with E-state index in [0.717, 1.165) is 23.9 Å². The summed E-state index contributed by atoms with van der Waals surface area (Å²) >= 11 is 0. The Morgan fingerprint density at radius 3 is 2.58 bits per heavy atom. The van der Waals surface area contributed by atoms with Gasteiger partial charge in [-0.3, -0.25) is 4.98 Å². The first-order chi connectivity index (χ1) is 19.3. The van der Waals surface area contributed by atoms with Crippen LogP contribution in [0.4, 0.5) is 40.8 Å². The Hall–Kier alpha value is -5.13. The zero-order chi connectivity index (χ0) is 28.3. The van der Waals surface area contributed by atoms with Gasteiger partial charge in [0.1, 0.15) is 5.75 Å².